The SMILES string of the molecule is CCOC1CC(c2ccc(C(=O)C(C)C)cc2)Nc2ccc(S(=O)(=O)Nc3ccc(C)c(C)c3)cc21. The third-order valence-corrected chi connectivity index (χ3v) is 8.09. The molecule has 2 N–H and O–H groups in total. The van der Waals surface area contributed by atoms with E-state index in [-0.39, 0.29) is 28.7 Å². The summed E-state index contributed by atoms with van der Waals surface area (Å²) in [6, 6.07) is 18.3. The molecule has 7 heteroatoms. The summed E-state index contributed by atoms with van der Waals surface area (Å²) >= 11 is 0. The highest BCUT2D eigenvalue weighted by Crippen LogP contribution is 2.42. The molecule has 6 nitrogen and oxygen atoms in total. The number of Topliss-reactive ketones (excluding diaryl/α,β-unsaturated/α-hetero) is 1. The van der Waals surface area contributed by atoms with Crippen LogP contribution in [0.1, 0.15) is 71.9 Å². The van der Waals surface area contributed by atoms with Gasteiger partial charge in [-0.15, -0.1) is 0 Å². The van der Waals surface area contributed by atoms with Crippen molar-refractivity contribution in [2.45, 2.75) is 58.1 Å². The second kappa shape index (κ2) is 10.4. The summed E-state index contributed by atoms with van der Waals surface area (Å²) in [5.41, 5.74) is 6.09. The van der Waals surface area contributed by atoms with Gasteiger partial charge in [0.05, 0.1) is 17.0 Å². The molecule has 2 atom stereocenters. The van der Waals surface area contributed by atoms with Crippen molar-refractivity contribution in [2.75, 3.05) is 16.6 Å². The molecule has 0 amide bonds. The minimum atomic E-state index is -3.77. The number of hydrogen-bond acceptors (Lipinski definition) is 5. The molecule has 1 heterocycles. The first-order valence-electron chi connectivity index (χ1n) is 12.4. The highest BCUT2D eigenvalue weighted by molar-refractivity contribution is 7.92. The van der Waals surface area contributed by atoms with Crippen molar-refractivity contribution in [3.8, 4) is 0 Å². The first kappa shape index (κ1) is 25.9. The van der Waals surface area contributed by atoms with E-state index in [2.05, 4.69) is 10.0 Å². The molecule has 0 spiro atoms. The zero-order chi connectivity index (χ0) is 26.0. The highest BCUT2D eigenvalue weighted by atomic mass is 32.2. The zero-order valence-corrected chi connectivity index (χ0v) is 22.3. The molecule has 2 unspecified atom stereocenters. The van der Waals surface area contributed by atoms with Crippen LogP contribution in [-0.2, 0) is 14.8 Å². The van der Waals surface area contributed by atoms with Gasteiger partial charge in [-0.3, -0.25) is 9.52 Å². The number of nitrogens with one attached hydrogen (secondary N) is 2. The van der Waals surface area contributed by atoms with Crippen LogP contribution in [0.4, 0.5) is 11.4 Å². The zero-order valence-electron chi connectivity index (χ0n) is 21.5. The first-order valence-corrected chi connectivity index (χ1v) is 13.8. The summed E-state index contributed by atoms with van der Waals surface area (Å²) in [5.74, 6) is 0.0756. The van der Waals surface area contributed by atoms with Gasteiger partial charge in [-0.1, -0.05) is 44.2 Å². The number of hydrogen-bond donors (Lipinski definition) is 2. The summed E-state index contributed by atoms with van der Waals surface area (Å²) in [7, 11) is -3.77. The molecular formula is C29H34N2O4S. The van der Waals surface area contributed by atoms with Crippen molar-refractivity contribution < 1.29 is 17.9 Å². The van der Waals surface area contributed by atoms with Gasteiger partial charge in [-0.2, -0.15) is 0 Å². The Hall–Kier alpha value is -3.16. The third-order valence-electron chi connectivity index (χ3n) is 6.71. The maximum Gasteiger partial charge on any atom is 0.261 e. The molecule has 0 saturated heterocycles. The summed E-state index contributed by atoms with van der Waals surface area (Å²) < 4.78 is 35.1. The predicted molar refractivity (Wildman–Crippen MR) is 144 cm³/mol. The van der Waals surface area contributed by atoms with Gasteiger partial charge < -0.3 is 10.1 Å². The van der Waals surface area contributed by atoms with Gasteiger partial charge in [-0.05, 0) is 67.8 Å². The van der Waals surface area contributed by atoms with Gasteiger partial charge in [0.25, 0.3) is 10.0 Å². The van der Waals surface area contributed by atoms with Crippen LogP contribution in [0.3, 0.4) is 0 Å². The van der Waals surface area contributed by atoms with Crippen LogP contribution in [0.2, 0.25) is 0 Å². The third kappa shape index (κ3) is 5.47. The van der Waals surface area contributed by atoms with E-state index in [1.54, 1.807) is 24.3 Å². The standard InChI is InChI=1S/C29H34N2O4S/c1-6-35-28-17-27(21-8-10-22(11-9-21)29(32)18(2)3)30-26-14-13-24(16-25(26)28)36(33,34)31-23-12-7-19(4)20(5)15-23/h7-16,18,27-28,30-31H,6,17H2,1-5H3. The average Bonchev–Trinajstić information content (AvgIpc) is 2.85. The average molecular weight is 507 g/mol. The molecule has 0 fully saturated rings. The molecule has 0 radical (unpaired) electrons. The monoisotopic (exact) mass is 506 g/mol. The molecule has 0 aliphatic carbocycles. The Morgan fingerprint density at radius 1 is 1.03 bits per heavy atom. The molecular weight excluding hydrogens is 472 g/mol. The smallest absolute Gasteiger partial charge is 0.261 e. The largest absolute Gasteiger partial charge is 0.378 e. The molecule has 4 rings (SSSR count). The van der Waals surface area contributed by atoms with Crippen LogP contribution in [0, 0.1) is 19.8 Å². The molecule has 0 aromatic heterocycles. The fraction of sp³-hybridized carbons (Fsp3) is 0.345. The number of carbonyl (C=O) groups is 1. The van der Waals surface area contributed by atoms with Crippen molar-refractivity contribution >= 4 is 27.2 Å². The normalized spacial score (nSPS) is 17.4. The van der Waals surface area contributed by atoms with Gasteiger partial charge in [0.2, 0.25) is 0 Å². The lowest BCUT2D eigenvalue weighted by atomic mass is 9.90. The molecule has 0 bridgehead atoms. The molecule has 36 heavy (non-hydrogen) atoms. The van der Waals surface area contributed by atoms with E-state index in [0.717, 1.165) is 27.9 Å². The van der Waals surface area contributed by atoms with Crippen molar-refractivity contribution in [1.82, 2.24) is 0 Å². The van der Waals surface area contributed by atoms with Crippen LogP contribution in [0.15, 0.2) is 65.6 Å². The van der Waals surface area contributed by atoms with Crippen molar-refractivity contribution in [3.63, 3.8) is 0 Å². The number of aryl methyl sites for hydroxylation is 2. The summed E-state index contributed by atoms with van der Waals surface area (Å²) in [4.78, 5) is 12.5. The minimum Gasteiger partial charge on any atom is -0.378 e. The number of ether oxygens (including phenoxy) is 1. The van der Waals surface area contributed by atoms with E-state index in [1.165, 1.54) is 0 Å². The van der Waals surface area contributed by atoms with E-state index >= 15 is 0 Å². The lowest BCUT2D eigenvalue weighted by Gasteiger charge is -2.33. The molecule has 1 aliphatic rings. The maximum atomic E-state index is 13.2. The second-order valence-corrected chi connectivity index (χ2v) is 11.4. The van der Waals surface area contributed by atoms with Crippen molar-refractivity contribution in [1.29, 1.82) is 0 Å². The Balaban J connectivity index is 1.60. The maximum absolute atomic E-state index is 13.2. The number of anilines is 2. The second-order valence-electron chi connectivity index (χ2n) is 9.67. The molecule has 0 saturated carbocycles. The molecule has 3 aromatic carbocycles. The summed E-state index contributed by atoms with van der Waals surface area (Å²) in [5, 5.41) is 3.54. The highest BCUT2D eigenvalue weighted by Gasteiger charge is 2.30. The van der Waals surface area contributed by atoms with E-state index in [4.69, 9.17) is 4.74 Å². The molecule has 190 valence electrons. The number of carbonyl (C=O) groups excluding carboxylic acids is 1. The number of fused-ring (bicyclic) bond motifs is 1. The van der Waals surface area contributed by atoms with Crippen molar-refractivity contribution in [2.24, 2.45) is 5.92 Å². The Bertz CT molecular complexity index is 1360. The van der Waals surface area contributed by atoms with E-state index < -0.39 is 10.0 Å². The summed E-state index contributed by atoms with van der Waals surface area (Å²) in [6.45, 7) is 10.2. The lowest BCUT2D eigenvalue weighted by molar-refractivity contribution is 0.0497. The first-order chi connectivity index (χ1) is 17.1. The van der Waals surface area contributed by atoms with Crippen LogP contribution in [0.25, 0.3) is 0 Å². The quantitative estimate of drug-likeness (QED) is 0.337. The van der Waals surface area contributed by atoms with Gasteiger partial charge >= 0.3 is 0 Å². The van der Waals surface area contributed by atoms with Gasteiger partial charge in [0.15, 0.2) is 5.78 Å². The van der Waals surface area contributed by atoms with Gasteiger partial charge in [0.1, 0.15) is 0 Å². The van der Waals surface area contributed by atoms with Gasteiger partial charge in [-0.25, -0.2) is 8.42 Å². The van der Waals surface area contributed by atoms with E-state index in [0.29, 0.717) is 24.3 Å². The molecule has 1 aliphatic heterocycles. The van der Waals surface area contributed by atoms with Gasteiger partial charge in [0, 0.05) is 41.4 Å². The van der Waals surface area contributed by atoms with Crippen LogP contribution in [-0.4, -0.2) is 20.8 Å². The van der Waals surface area contributed by atoms with Crippen molar-refractivity contribution in [3.05, 3.63) is 88.5 Å². The van der Waals surface area contributed by atoms with Crippen LogP contribution >= 0.6 is 0 Å². The minimum absolute atomic E-state index is 0.0200. The van der Waals surface area contributed by atoms with Crippen LogP contribution in [0.5, 0.6) is 0 Å². The molecule has 3 aromatic rings. The fourth-order valence-corrected chi connectivity index (χ4v) is 5.59. The number of rotatable bonds is 8. The Morgan fingerprint density at radius 3 is 2.39 bits per heavy atom. The number of sulfonamides is 1. The fourth-order valence-electron chi connectivity index (χ4n) is 4.50. The van der Waals surface area contributed by atoms with E-state index in [9.17, 15) is 13.2 Å². The summed E-state index contributed by atoms with van der Waals surface area (Å²) in [6.07, 6.45) is 0.386. The Labute approximate surface area is 214 Å². The number of ketones is 1. The number of benzene rings is 3. The Morgan fingerprint density at radius 2 is 1.75 bits per heavy atom. The topological polar surface area (TPSA) is 84.5 Å². The Kier molecular flexibility index (Phi) is 7.52. The lowest BCUT2D eigenvalue weighted by Crippen LogP contribution is -2.24. The predicted octanol–water partition coefficient (Wildman–Crippen LogP) is 6.58. The van der Waals surface area contributed by atoms with E-state index in [1.807, 2.05) is 71.0 Å². The van der Waals surface area contributed by atoms with Crippen LogP contribution < -0.4 is 10.0 Å².